The molecule has 0 saturated heterocycles. The van der Waals surface area contributed by atoms with Crippen molar-refractivity contribution in [2.45, 2.75) is 18.9 Å². The standard InChI is InChI=1S/C15H16ClN3O.2ClH/c16-11-6-10-2-1-5-18-14(10)12(7-11)15(20)19-8-13(17)9-3-4-9;;/h1-2,5-7,9,13H,3-4,8,17H2,(H,19,20);2*1H. The molecule has 0 bridgehead atoms. The molecule has 1 unspecified atom stereocenters. The third-order valence-corrected chi connectivity index (χ3v) is 3.86. The highest BCUT2D eigenvalue weighted by molar-refractivity contribution is 6.32. The summed E-state index contributed by atoms with van der Waals surface area (Å²) >= 11 is 6.06. The number of fused-ring (bicyclic) bond motifs is 1. The number of benzene rings is 1. The first-order valence-corrected chi connectivity index (χ1v) is 7.11. The third-order valence-electron chi connectivity index (χ3n) is 3.64. The molecular weight excluding hydrogens is 345 g/mol. The molecule has 0 radical (unpaired) electrons. The topological polar surface area (TPSA) is 68.0 Å². The van der Waals surface area contributed by atoms with Gasteiger partial charge in [-0.1, -0.05) is 17.7 Å². The Kier molecular flexibility index (Phi) is 6.88. The van der Waals surface area contributed by atoms with Crippen LogP contribution in [0.15, 0.2) is 30.5 Å². The number of rotatable bonds is 4. The van der Waals surface area contributed by atoms with Gasteiger partial charge in [-0.25, -0.2) is 0 Å². The van der Waals surface area contributed by atoms with Crippen molar-refractivity contribution in [3.8, 4) is 0 Å². The van der Waals surface area contributed by atoms with Gasteiger partial charge < -0.3 is 11.1 Å². The van der Waals surface area contributed by atoms with Crippen LogP contribution in [0.5, 0.6) is 0 Å². The van der Waals surface area contributed by atoms with E-state index in [9.17, 15) is 4.79 Å². The Bertz CT molecular complexity index is 662. The van der Waals surface area contributed by atoms with Gasteiger partial charge in [0.15, 0.2) is 0 Å². The molecule has 1 amide bonds. The molecule has 0 spiro atoms. The summed E-state index contributed by atoms with van der Waals surface area (Å²) in [6.07, 6.45) is 4.00. The van der Waals surface area contributed by atoms with Crippen LogP contribution in [0.2, 0.25) is 5.02 Å². The monoisotopic (exact) mass is 361 g/mol. The molecule has 1 atom stereocenters. The van der Waals surface area contributed by atoms with Gasteiger partial charge in [0.1, 0.15) is 0 Å². The van der Waals surface area contributed by atoms with E-state index >= 15 is 0 Å². The van der Waals surface area contributed by atoms with Crippen molar-refractivity contribution in [2.24, 2.45) is 11.7 Å². The Hall–Kier alpha value is -1.07. The molecule has 120 valence electrons. The van der Waals surface area contributed by atoms with Crippen molar-refractivity contribution in [3.05, 3.63) is 41.0 Å². The van der Waals surface area contributed by atoms with E-state index in [-0.39, 0.29) is 36.8 Å². The van der Waals surface area contributed by atoms with E-state index in [4.69, 9.17) is 17.3 Å². The lowest BCUT2D eigenvalue weighted by atomic mass is 10.1. The average molecular weight is 363 g/mol. The molecule has 1 fully saturated rings. The van der Waals surface area contributed by atoms with Gasteiger partial charge in [0.2, 0.25) is 0 Å². The SMILES string of the molecule is Cl.Cl.NC(CNC(=O)c1cc(Cl)cc2cccnc12)C1CC1. The first-order valence-electron chi connectivity index (χ1n) is 6.73. The zero-order chi connectivity index (χ0) is 14.1. The smallest absolute Gasteiger partial charge is 0.253 e. The van der Waals surface area contributed by atoms with E-state index in [0.717, 1.165) is 5.39 Å². The number of carbonyl (C=O) groups is 1. The zero-order valence-corrected chi connectivity index (χ0v) is 14.2. The number of pyridine rings is 1. The highest BCUT2D eigenvalue weighted by Gasteiger charge is 2.28. The second kappa shape index (κ2) is 7.97. The largest absolute Gasteiger partial charge is 0.350 e. The first kappa shape index (κ1) is 19.0. The van der Waals surface area contributed by atoms with Crippen molar-refractivity contribution in [2.75, 3.05) is 6.54 Å². The Balaban J connectivity index is 0.00000121. The number of hydrogen-bond acceptors (Lipinski definition) is 3. The van der Waals surface area contributed by atoms with E-state index in [1.165, 1.54) is 12.8 Å². The van der Waals surface area contributed by atoms with Crippen molar-refractivity contribution in [1.29, 1.82) is 0 Å². The summed E-state index contributed by atoms with van der Waals surface area (Å²) < 4.78 is 0. The summed E-state index contributed by atoms with van der Waals surface area (Å²) in [5.74, 6) is 0.386. The van der Waals surface area contributed by atoms with E-state index in [1.54, 1.807) is 18.3 Å². The summed E-state index contributed by atoms with van der Waals surface area (Å²) in [7, 11) is 0. The minimum atomic E-state index is -0.174. The molecule has 3 rings (SSSR count). The highest BCUT2D eigenvalue weighted by Crippen LogP contribution is 2.31. The van der Waals surface area contributed by atoms with Gasteiger partial charge >= 0.3 is 0 Å². The molecular formula is C15H18Cl3N3O. The molecule has 22 heavy (non-hydrogen) atoms. The van der Waals surface area contributed by atoms with Gasteiger partial charge in [0.05, 0.1) is 11.1 Å². The first-order chi connectivity index (χ1) is 9.65. The number of hydrogen-bond donors (Lipinski definition) is 2. The van der Waals surface area contributed by atoms with Gasteiger partial charge in [0, 0.05) is 29.2 Å². The van der Waals surface area contributed by atoms with Crippen LogP contribution in [0.25, 0.3) is 10.9 Å². The van der Waals surface area contributed by atoms with Gasteiger partial charge in [-0.05, 0) is 37.0 Å². The van der Waals surface area contributed by atoms with Crippen LogP contribution >= 0.6 is 36.4 Å². The number of amides is 1. The summed E-state index contributed by atoms with van der Waals surface area (Å²) in [4.78, 5) is 16.6. The normalized spacial score (nSPS) is 14.6. The third kappa shape index (κ3) is 4.23. The maximum atomic E-state index is 12.3. The predicted molar refractivity (Wildman–Crippen MR) is 94.3 cm³/mol. The van der Waals surface area contributed by atoms with Crippen LogP contribution in [-0.2, 0) is 0 Å². The number of halogens is 3. The summed E-state index contributed by atoms with van der Waals surface area (Å²) in [5, 5.41) is 4.26. The van der Waals surface area contributed by atoms with Crippen molar-refractivity contribution < 1.29 is 4.79 Å². The Morgan fingerprint density at radius 2 is 2.14 bits per heavy atom. The molecule has 1 aromatic heterocycles. The Morgan fingerprint density at radius 3 is 2.82 bits per heavy atom. The quantitative estimate of drug-likeness (QED) is 0.877. The molecule has 0 aliphatic heterocycles. The minimum Gasteiger partial charge on any atom is -0.350 e. The molecule has 3 N–H and O–H groups in total. The number of aromatic nitrogens is 1. The predicted octanol–water partition coefficient (Wildman–Crippen LogP) is 3.20. The second-order valence-electron chi connectivity index (χ2n) is 5.24. The van der Waals surface area contributed by atoms with Crippen LogP contribution in [0.3, 0.4) is 0 Å². The molecule has 1 aliphatic rings. The minimum absolute atomic E-state index is 0. The lowest BCUT2D eigenvalue weighted by molar-refractivity contribution is 0.0952. The Morgan fingerprint density at radius 1 is 1.41 bits per heavy atom. The van der Waals surface area contributed by atoms with E-state index in [2.05, 4.69) is 10.3 Å². The molecule has 1 saturated carbocycles. The van der Waals surface area contributed by atoms with Crippen LogP contribution < -0.4 is 11.1 Å². The van der Waals surface area contributed by atoms with Crippen LogP contribution in [0.4, 0.5) is 0 Å². The Labute approximate surface area is 146 Å². The molecule has 2 aromatic rings. The number of carbonyl (C=O) groups excluding carboxylic acids is 1. The summed E-state index contributed by atoms with van der Waals surface area (Å²) in [5.41, 5.74) is 7.15. The maximum absolute atomic E-state index is 12.3. The maximum Gasteiger partial charge on any atom is 0.253 e. The molecule has 4 nitrogen and oxygen atoms in total. The summed E-state index contributed by atoms with van der Waals surface area (Å²) in [6.45, 7) is 0.490. The average Bonchev–Trinajstić information content (AvgIpc) is 3.28. The lowest BCUT2D eigenvalue weighted by Gasteiger charge is -2.12. The fraction of sp³-hybridized carbons (Fsp3) is 0.333. The van der Waals surface area contributed by atoms with Crippen LogP contribution in [-0.4, -0.2) is 23.5 Å². The van der Waals surface area contributed by atoms with Crippen LogP contribution in [0, 0.1) is 5.92 Å². The van der Waals surface area contributed by atoms with Gasteiger partial charge in [-0.15, -0.1) is 24.8 Å². The van der Waals surface area contributed by atoms with Crippen molar-refractivity contribution in [1.82, 2.24) is 10.3 Å². The molecule has 1 aromatic carbocycles. The van der Waals surface area contributed by atoms with Crippen molar-refractivity contribution >= 4 is 53.2 Å². The lowest BCUT2D eigenvalue weighted by Crippen LogP contribution is -2.38. The van der Waals surface area contributed by atoms with Crippen molar-refractivity contribution in [3.63, 3.8) is 0 Å². The van der Waals surface area contributed by atoms with Gasteiger partial charge in [-0.3, -0.25) is 9.78 Å². The fourth-order valence-electron chi connectivity index (χ4n) is 2.33. The zero-order valence-electron chi connectivity index (χ0n) is 11.8. The highest BCUT2D eigenvalue weighted by atomic mass is 35.5. The summed E-state index contributed by atoms with van der Waals surface area (Å²) in [6, 6.07) is 7.20. The second-order valence-corrected chi connectivity index (χ2v) is 5.68. The number of nitrogens with two attached hydrogens (primary N) is 1. The molecule has 1 aliphatic carbocycles. The van der Waals surface area contributed by atoms with Gasteiger partial charge in [-0.2, -0.15) is 0 Å². The van der Waals surface area contributed by atoms with E-state index < -0.39 is 0 Å². The van der Waals surface area contributed by atoms with E-state index in [0.29, 0.717) is 28.6 Å². The van der Waals surface area contributed by atoms with E-state index in [1.807, 2.05) is 12.1 Å². The number of nitrogens with zero attached hydrogens (tertiary/aromatic N) is 1. The number of nitrogens with one attached hydrogen (secondary N) is 1. The van der Waals surface area contributed by atoms with Gasteiger partial charge in [0.25, 0.3) is 5.91 Å². The fourth-order valence-corrected chi connectivity index (χ4v) is 2.55. The molecule has 7 heteroatoms. The molecule has 1 heterocycles. The van der Waals surface area contributed by atoms with Crippen LogP contribution in [0.1, 0.15) is 23.2 Å².